The average molecular weight is 649 g/mol. The maximum atomic E-state index is 12.8. The van der Waals surface area contributed by atoms with E-state index < -0.39 is 0 Å². The second-order valence-corrected chi connectivity index (χ2v) is 17.5. The third kappa shape index (κ3) is 10.6. The Morgan fingerprint density at radius 2 is 1.51 bits per heavy atom. The Bertz CT molecular complexity index is 1040. The van der Waals surface area contributed by atoms with Crippen molar-refractivity contribution < 1.29 is 9.53 Å². The summed E-state index contributed by atoms with van der Waals surface area (Å²) in [5.74, 6) is 3.29. The summed E-state index contributed by atoms with van der Waals surface area (Å²) in [6, 6.07) is 0. The van der Waals surface area contributed by atoms with Gasteiger partial charge in [0.1, 0.15) is 6.10 Å². The lowest BCUT2D eigenvalue weighted by molar-refractivity contribution is -0.153. The molecule has 0 radical (unpaired) electrons. The van der Waals surface area contributed by atoms with Crippen molar-refractivity contribution in [1.29, 1.82) is 0 Å². The van der Waals surface area contributed by atoms with Crippen LogP contribution in [0.2, 0.25) is 0 Å². The molecule has 0 amide bonds. The number of carbonyl (C=O) groups excluding carboxylic acids is 1. The Morgan fingerprint density at radius 3 is 2.21 bits per heavy atom. The van der Waals surface area contributed by atoms with Crippen LogP contribution in [0, 0.1) is 34.5 Å². The summed E-state index contributed by atoms with van der Waals surface area (Å²) in [6.45, 7) is 14.6. The minimum absolute atomic E-state index is 0.0658. The van der Waals surface area contributed by atoms with Gasteiger partial charge in [-0.1, -0.05) is 114 Å². The Kier molecular flexibility index (Phi) is 15.7. The molecule has 2 heteroatoms. The van der Waals surface area contributed by atoms with Crippen molar-refractivity contribution in [2.75, 3.05) is 0 Å². The van der Waals surface area contributed by atoms with Crippen molar-refractivity contribution >= 4 is 5.97 Å². The van der Waals surface area contributed by atoms with Crippen LogP contribution in [0.5, 0.6) is 0 Å². The van der Waals surface area contributed by atoms with Crippen LogP contribution >= 0.6 is 0 Å². The van der Waals surface area contributed by atoms with Crippen LogP contribution in [0.4, 0.5) is 0 Å². The number of unbranched alkanes of at least 4 members (excludes halogenated alkanes) is 11. The standard InChI is InChI=1S/C45H76O2/c1-7-8-9-10-11-12-13-14-15-16-17-18-19-20-21-25-43(46)47-38-30-32-44(5)37(34-38)26-27-39-41-29-28-40(36(4)24-22-23-35(2)3)45(41,6)33-31-42(39)44/h14-15,23,36-38,40-41H,7-13,16-22,24-34H2,1-6H3/b15-14-/t36-,37+,38+,40-,41+,44+,45-/m1/s1. The van der Waals surface area contributed by atoms with Gasteiger partial charge in [0.15, 0.2) is 0 Å². The lowest BCUT2D eigenvalue weighted by Gasteiger charge is -2.55. The van der Waals surface area contributed by atoms with Crippen LogP contribution < -0.4 is 0 Å². The molecule has 0 bridgehead atoms. The molecule has 2 nitrogen and oxygen atoms in total. The molecule has 4 aliphatic carbocycles. The maximum Gasteiger partial charge on any atom is 0.306 e. The number of hydrogen-bond acceptors (Lipinski definition) is 2. The van der Waals surface area contributed by atoms with Crippen LogP contribution in [-0.4, -0.2) is 12.1 Å². The Hall–Kier alpha value is -1.31. The molecule has 7 atom stereocenters. The van der Waals surface area contributed by atoms with Gasteiger partial charge < -0.3 is 4.74 Å². The first-order valence-corrected chi connectivity index (χ1v) is 20.9. The highest BCUT2D eigenvalue weighted by Crippen LogP contribution is 2.66. The Balaban J connectivity index is 1.13. The number of hydrogen-bond donors (Lipinski definition) is 0. The predicted octanol–water partition coefficient (Wildman–Crippen LogP) is 14.0. The first-order valence-electron chi connectivity index (χ1n) is 20.9. The fraction of sp³-hybridized carbons (Fsp3) is 0.844. The van der Waals surface area contributed by atoms with Gasteiger partial charge >= 0.3 is 5.97 Å². The quantitative estimate of drug-likeness (QED) is 0.0746. The fourth-order valence-electron chi connectivity index (χ4n) is 10.9. The highest BCUT2D eigenvalue weighted by atomic mass is 16.5. The molecular weight excluding hydrogens is 572 g/mol. The van der Waals surface area contributed by atoms with Gasteiger partial charge in [0.2, 0.25) is 0 Å². The van der Waals surface area contributed by atoms with Crippen molar-refractivity contribution in [1.82, 2.24) is 0 Å². The van der Waals surface area contributed by atoms with Gasteiger partial charge in [-0.15, -0.1) is 0 Å². The van der Waals surface area contributed by atoms with Gasteiger partial charge in [-0.05, 0) is 151 Å². The summed E-state index contributed by atoms with van der Waals surface area (Å²) < 4.78 is 6.14. The molecule has 4 aliphatic rings. The number of ether oxygens (including phenoxy) is 1. The molecule has 0 heterocycles. The van der Waals surface area contributed by atoms with Crippen LogP contribution in [-0.2, 0) is 9.53 Å². The number of carbonyl (C=O) groups is 1. The lowest BCUT2D eigenvalue weighted by Crippen LogP contribution is -2.46. The minimum atomic E-state index is 0.0658. The normalized spacial score (nSPS) is 30.9. The molecule has 268 valence electrons. The topological polar surface area (TPSA) is 26.3 Å². The lowest BCUT2D eigenvalue weighted by atomic mass is 9.50. The minimum Gasteiger partial charge on any atom is -0.462 e. The molecular formula is C45H76O2. The molecule has 0 N–H and O–H groups in total. The van der Waals surface area contributed by atoms with Crippen molar-refractivity contribution in [3.63, 3.8) is 0 Å². The fourth-order valence-corrected chi connectivity index (χ4v) is 10.9. The van der Waals surface area contributed by atoms with Gasteiger partial charge in [0.05, 0.1) is 0 Å². The zero-order valence-electron chi connectivity index (χ0n) is 32.1. The first-order chi connectivity index (χ1) is 22.7. The van der Waals surface area contributed by atoms with Crippen molar-refractivity contribution in [2.45, 2.75) is 208 Å². The van der Waals surface area contributed by atoms with E-state index in [0.29, 0.717) is 23.2 Å². The molecule has 4 rings (SSSR count). The number of esters is 1. The molecule has 0 aromatic heterocycles. The second kappa shape index (κ2) is 19.2. The van der Waals surface area contributed by atoms with Gasteiger partial charge in [-0.2, -0.15) is 0 Å². The molecule has 47 heavy (non-hydrogen) atoms. The molecule has 0 unspecified atom stereocenters. The zero-order chi connectivity index (χ0) is 33.7. The van der Waals surface area contributed by atoms with Crippen molar-refractivity contribution in [2.24, 2.45) is 34.5 Å². The maximum absolute atomic E-state index is 12.8. The number of rotatable bonds is 20. The number of allylic oxidation sites excluding steroid dienone is 6. The van der Waals surface area contributed by atoms with Gasteiger partial charge in [-0.25, -0.2) is 0 Å². The van der Waals surface area contributed by atoms with E-state index >= 15 is 0 Å². The van der Waals surface area contributed by atoms with Gasteiger partial charge in [0.25, 0.3) is 0 Å². The SMILES string of the molecule is CCCCCCCC/C=C\CCCCCCCC(=O)O[C@H]1CC[C@]2(C)C3=C(CC[C@H]2C1)[C@@H]1CC[C@H]([C@H](C)CCC=C(C)C)[C@@]1(C)CC3. The van der Waals surface area contributed by atoms with Gasteiger partial charge in [0, 0.05) is 6.42 Å². The summed E-state index contributed by atoms with van der Waals surface area (Å²) >= 11 is 0. The molecule has 0 aromatic carbocycles. The molecule has 2 fully saturated rings. The zero-order valence-corrected chi connectivity index (χ0v) is 32.1. The summed E-state index contributed by atoms with van der Waals surface area (Å²) in [4.78, 5) is 12.8. The van der Waals surface area contributed by atoms with Gasteiger partial charge in [-0.3, -0.25) is 4.79 Å². The highest BCUT2D eigenvalue weighted by Gasteiger charge is 2.56. The third-order valence-electron chi connectivity index (χ3n) is 13.8. The molecule has 0 aliphatic heterocycles. The molecule has 0 aromatic rings. The predicted molar refractivity (Wildman–Crippen MR) is 202 cm³/mol. The Morgan fingerprint density at radius 1 is 0.830 bits per heavy atom. The van der Waals surface area contributed by atoms with E-state index in [9.17, 15) is 4.79 Å². The van der Waals surface area contributed by atoms with Crippen LogP contribution in [0.1, 0.15) is 202 Å². The summed E-state index contributed by atoms with van der Waals surface area (Å²) in [6.07, 6.45) is 38.9. The van der Waals surface area contributed by atoms with Crippen molar-refractivity contribution in [3.8, 4) is 0 Å². The third-order valence-corrected chi connectivity index (χ3v) is 13.8. The Labute approximate surface area is 292 Å². The van der Waals surface area contributed by atoms with Crippen molar-refractivity contribution in [3.05, 3.63) is 34.9 Å². The van der Waals surface area contributed by atoms with E-state index in [2.05, 4.69) is 59.8 Å². The average Bonchev–Trinajstić information content (AvgIpc) is 3.40. The molecule has 2 saturated carbocycles. The summed E-state index contributed by atoms with van der Waals surface area (Å²) in [5, 5.41) is 0. The van der Waals surface area contributed by atoms with E-state index in [1.54, 1.807) is 0 Å². The van der Waals surface area contributed by atoms with E-state index in [-0.39, 0.29) is 12.1 Å². The number of fused-ring (bicyclic) bond motifs is 4. The van der Waals surface area contributed by atoms with Crippen LogP contribution in [0.15, 0.2) is 34.9 Å². The highest BCUT2D eigenvalue weighted by molar-refractivity contribution is 5.69. The second-order valence-electron chi connectivity index (χ2n) is 17.5. The summed E-state index contributed by atoms with van der Waals surface area (Å²) in [5.41, 5.74) is 6.08. The van der Waals surface area contributed by atoms with Crippen LogP contribution in [0.25, 0.3) is 0 Å². The van der Waals surface area contributed by atoms with E-state index in [1.165, 1.54) is 134 Å². The van der Waals surface area contributed by atoms with E-state index in [0.717, 1.165) is 43.4 Å². The largest absolute Gasteiger partial charge is 0.462 e. The molecule has 0 spiro atoms. The molecule has 0 saturated heterocycles. The smallest absolute Gasteiger partial charge is 0.306 e. The van der Waals surface area contributed by atoms with E-state index in [1.807, 2.05) is 11.1 Å². The first kappa shape index (κ1) is 38.5. The summed E-state index contributed by atoms with van der Waals surface area (Å²) in [7, 11) is 0. The monoisotopic (exact) mass is 649 g/mol. The van der Waals surface area contributed by atoms with Crippen LogP contribution in [0.3, 0.4) is 0 Å². The van der Waals surface area contributed by atoms with E-state index in [4.69, 9.17) is 4.74 Å².